The van der Waals surface area contributed by atoms with Gasteiger partial charge in [0, 0.05) is 21.2 Å². The van der Waals surface area contributed by atoms with Crippen molar-refractivity contribution in [2.75, 3.05) is 0 Å². The van der Waals surface area contributed by atoms with Crippen LogP contribution in [0.2, 0.25) is 10.0 Å². The standard InChI is InChI=1S/C20H17Cl2F3N4O2/c1-12(28-18(30)13-2-4-14(5-3-13)20(23,24)25)19(31,9-29-11-26-10-27-29)16-7-6-15(21)8-17(16)22/h2-8,10-12,31H,9H2,1H3,(H,28,30)/t12-,19?/m1/s1. The third kappa shape index (κ3) is 5.17. The number of amides is 1. The summed E-state index contributed by atoms with van der Waals surface area (Å²) in [5, 5.41) is 18.7. The summed E-state index contributed by atoms with van der Waals surface area (Å²) in [5.41, 5.74) is -2.32. The molecule has 1 unspecified atom stereocenters. The number of hydrogen-bond acceptors (Lipinski definition) is 4. The molecule has 0 spiro atoms. The molecule has 0 fully saturated rings. The summed E-state index contributed by atoms with van der Waals surface area (Å²) >= 11 is 12.3. The van der Waals surface area contributed by atoms with Crippen LogP contribution in [0.5, 0.6) is 0 Å². The molecule has 0 aliphatic carbocycles. The number of carbonyl (C=O) groups excluding carboxylic acids is 1. The van der Waals surface area contributed by atoms with Gasteiger partial charge in [-0.25, -0.2) is 9.67 Å². The number of rotatable bonds is 6. The first kappa shape index (κ1) is 23.1. The average molecular weight is 473 g/mol. The van der Waals surface area contributed by atoms with Crippen LogP contribution in [0.4, 0.5) is 13.2 Å². The Morgan fingerprint density at radius 1 is 1.19 bits per heavy atom. The maximum atomic E-state index is 12.8. The number of aromatic nitrogens is 3. The molecule has 0 bridgehead atoms. The fourth-order valence-corrected chi connectivity index (χ4v) is 3.64. The number of benzene rings is 2. The van der Waals surface area contributed by atoms with E-state index in [4.69, 9.17) is 23.2 Å². The third-order valence-electron chi connectivity index (χ3n) is 4.81. The van der Waals surface area contributed by atoms with Crippen molar-refractivity contribution in [2.24, 2.45) is 0 Å². The molecule has 3 aromatic rings. The van der Waals surface area contributed by atoms with E-state index in [1.54, 1.807) is 13.0 Å². The van der Waals surface area contributed by atoms with Crippen LogP contribution in [0, 0.1) is 0 Å². The molecular weight excluding hydrogens is 456 g/mol. The highest BCUT2D eigenvalue weighted by molar-refractivity contribution is 6.35. The predicted molar refractivity (Wildman–Crippen MR) is 109 cm³/mol. The Balaban J connectivity index is 1.89. The first-order valence-electron chi connectivity index (χ1n) is 8.99. The summed E-state index contributed by atoms with van der Waals surface area (Å²) in [6, 6.07) is 7.36. The van der Waals surface area contributed by atoms with Gasteiger partial charge in [-0.3, -0.25) is 4.79 Å². The van der Waals surface area contributed by atoms with Crippen molar-refractivity contribution in [1.82, 2.24) is 20.1 Å². The van der Waals surface area contributed by atoms with Crippen molar-refractivity contribution in [2.45, 2.75) is 31.3 Å². The fourth-order valence-electron chi connectivity index (χ4n) is 3.07. The second-order valence-corrected chi connectivity index (χ2v) is 7.76. The summed E-state index contributed by atoms with van der Waals surface area (Å²) in [6.07, 6.45) is -1.83. The largest absolute Gasteiger partial charge is 0.416 e. The number of nitrogens with zero attached hydrogens (tertiary/aromatic N) is 3. The number of carbonyl (C=O) groups is 1. The zero-order chi connectivity index (χ0) is 22.8. The fraction of sp³-hybridized carbons (Fsp3) is 0.250. The molecule has 1 amide bonds. The molecule has 0 radical (unpaired) electrons. The molecule has 1 aromatic heterocycles. The van der Waals surface area contributed by atoms with Crippen molar-refractivity contribution in [1.29, 1.82) is 0 Å². The van der Waals surface area contributed by atoms with Crippen LogP contribution < -0.4 is 5.32 Å². The minimum absolute atomic E-state index is 0.00478. The molecule has 2 atom stereocenters. The lowest BCUT2D eigenvalue weighted by Crippen LogP contribution is -2.51. The van der Waals surface area contributed by atoms with Gasteiger partial charge < -0.3 is 10.4 Å². The molecule has 0 aliphatic rings. The molecule has 0 saturated carbocycles. The highest BCUT2D eigenvalue weighted by Gasteiger charge is 2.39. The topological polar surface area (TPSA) is 80.0 Å². The second kappa shape index (κ2) is 8.86. The van der Waals surface area contributed by atoms with E-state index in [1.807, 2.05) is 0 Å². The van der Waals surface area contributed by atoms with E-state index < -0.39 is 29.3 Å². The smallest absolute Gasteiger partial charge is 0.381 e. The summed E-state index contributed by atoms with van der Waals surface area (Å²) in [7, 11) is 0. The van der Waals surface area contributed by atoms with Crippen LogP contribution in [0.25, 0.3) is 0 Å². The van der Waals surface area contributed by atoms with E-state index in [0.29, 0.717) is 5.02 Å². The minimum Gasteiger partial charge on any atom is -0.381 e. The zero-order valence-electron chi connectivity index (χ0n) is 16.1. The first-order valence-corrected chi connectivity index (χ1v) is 9.75. The third-order valence-corrected chi connectivity index (χ3v) is 5.35. The summed E-state index contributed by atoms with van der Waals surface area (Å²) < 4.78 is 39.6. The monoisotopic (exact) mass is 472 g/mol. The van der Waals surface area contributed by atoms with Crippen molar-refractivity contribution < 1.29 is 23.1 Å². The van der Waals surface area contributed by atoms with E-state index >= 15 is 0 Å². The van der Waals surface area contributed by atoms with Gasteiger partial charge in [0.05, 0.1) is 18.2 Å². The lowest BCUT2D eigenvalue weighted by molar-refractivity contribution is -0.137. The first-order chi connectivity index (χ1) is 14.5. The highest BCUT2D eigenvalue weighted by atomic mass is 35.5. The van der Waals surface area contributed by atoms with Gasteiger partial charge in [0.15, 0.2) is 0 Å². The number of aliphatic hydroxyl groups is 1. The number of halogens is 5. The highest BCUT2D eigenvalue weighted by Crippen LogP contribution is 2.35. The maximum Gasteiger partial charge on any atom is 0.416 e. The Labute approximate surface area is 185 Å². The molecular formula is C20H17Cl2F3N4O2. The van der Waals surface area contributed by atoms with Gasteiger partial charge in [0.2, 0.25) is 0 Å². The quantitative estimate of drug-likeness (QED) is 0.560. The van der Waals surface area contributed by atoms with Gasteiger partial charge in [0.1, 0.15) is 18.3 Å². The Kier molecular flexibility index (Phi) is 6.59. The summed E-state index contributed by atoms with van der Waals surface area (Å²) in [4.78, 5) is 16.5. The number of nitrogens with one attached hydrogen (secondary N) is 1. The molecule has 3 rings (SSSR count). The molecule has 31 heavy (non-hydrogen) atoms. The molecule has 11 heteroatoms. The van der Waals surface area contributed by atoms with Gasteiger partial charge in [0.25, 0.3) is 5.91 Å². The van der Waals surface area contributed by atoms with Crippen molar-refractivity contribution in [3.05, 3.63) is 81.9 Å². The van der Waals surface area contributed by atoms with E-state index in [0.717, 1.165) is 24.3 Å². The molecule has 2 aromatic carbocycles. The zero-order valence-corrected chi connectivity index (χ0v) is 17.6. The van der Waals surface area contributed by atoms with Crippen LogP contribution in [0.3, 0.4) is 0 Å². The number of alkyl halides is 3. The van der Waals surface area contributed by atoms with E-state index in [9.17, 15) is 23.1 Å². The van der Waals surface area contributed by atoms with Crippen LogP contribution in [-0.2, 0) is 18.3 Å². The van der Waals surface area contributed by atoms with Crippen LogP contribution in [0.15, 0.2) is 55.1 Å². The predicted octanol–water partition coefficient (Wildman–Crippen LogP) is 4.31. The SMILES string of the molecule is C[C@@H](NC(=O)c1ccc(C(F)(F)F)cc1)C(O)(Cn1cncn1)c1ccc(Cl)cc1Cl. The molecule has 2 N–H and O–H groups in total. The molecule has 164 valence electrons. The Hall–Kier alpha value is -2.62. The van der Waals surface area contributed by atoms with Gasteiger partial charge in [-0.2, -0.15) is 18.3 Å². The van der Waals surface area contributed by atoms with Crippen molar-refractivity contribution in [3.8, 4) is 0 Å². The van der Waals surface area contributed by atoms with Crippen LogP contribution in [-0.4, -0.2) is 31.8 Å². The average Bonchev–Trinajstić information content (AvgIpc) is 3.19. The van der Waals surface area contributed by atoms with Crippen molar-refractivity contribution >= 4 is 29.1 Å². The Morgan fingerprint density at radius 2 is 1.87 bits per heavy atom. The number of hydrogen-bond donors (Lipinski definition) is 2. The molecule has 0 aliphatic heterocycles. The Bertz CT molecular complexity index is 1060. The Morgan fingerprint density at radius 3 is 2.42 bits per heavy atom. The van der Waals surface area contributed by atoms with E-state index in [2.05, 4.69) is 15.4 Å². The second-order valence-electron chi connectivity index (χ2n) is 6.91. The van der Waals surface area contributed by atoms with Gasteiger partial charge >= 0.3 is 6.18 Å². The van der Waals surface area contributed by atoms with Crippen molar-refractivity contribution in [3.63, 3.8) is 0 Å². The van der Waals surface area contributed by atoms with E-state index in [-0.39, 0.29) is 22.7 Å². The lowest BCUT2D eigenvalue weighted by atomic mass is 9.86. The van der Waals surface area contributed by atoms with Gasteiger partial charge in [-0.05, 0) is 43.3 Å². The molecule has 1 heterocycles. The molecule has 0 saturated heterocycles. The van der Waals surface area contributed by atoms with Gasteiger partial charge in [-0.1, -0.05) is 29.3 Å². The maximum absolute atomic E-state index is 12.8. The molecule has 6 nitrogen and oxygen atoms in total. The summed E-state index contributed by atoms with van der Waals surface area (Å²) in [6.45, 7) is 1.44. The minimum atomic E-state index is -4.51. The van der Waals surface area contributed by atoms with Crippen LogP contribution >= 0.6 is 23.2 Å². The lowest BCUT2D eigenvalue weighted by Gasteiger charge is -2.35. The van der Waals surface area contributed by atoms with Gasteiger partial charge in [-0.15, -0.1) is 0 Å². The summed E-state index contributed by atoms with van der Waals surface area (Å²) in [5.74, 6) is -0.664. The van der Waals surface area contributed by atoms with E-state index in [1.165, 1.54) is 29.5 Å². The van der Waals surface area contributed by atoms with Crippen LogP contribution in [0.1, 0.15) is 28.4 Å². The normalized spacial score (nSPS) is 14.7.